The van der Waals surface area contributed by atoms with Crippen LogP contribution in [0.4, 0.5) is 0 Å². The topological polar surface area (TPSA) is 77.1 Å². The molecule has 1 N–H and O–H groups in total. The van der Waals surface area contributed by atoms with Gasteiger partial charge >= 0.3 is 5.76 Å². The predicted molar refractivity (Wildman–Crippen MR) is 96.4 cm³/mol. The van der Waals surface area contributed by atoms with E-state index < -0.39 is 5.76 Å². The SMILES string of the molecule is C[C@@H](CCc1ccccc1)NC(=O)Cn1nc(-c2cccs2)oc1=O. The first-order valence-electron chi connectivity index (χ1n) is 8.07. The van der Waals surface area contributed by atoms with Gasteiger partial charge in [-0.1, -0.05) is 36.4 Å². The lowest BCUT2D eigenvalue weighted by molar-refractivity contribution is -0.122. The van der Waals surface area contributed by atoms with E-state index in [0.29, 0.717) is 0 Å². The van der Waals surface area contributed by atoms with Gasteiger partial charge in [0.15, 0.2) is 0 Å². The maximum absolute atomic E-state index is 12.1. The molecule has 130 valence electrons. The summed E-state index contributed by atoms with van der Waals surface area (Å²) < 4.78 is 6.15. The van der Waals surface area contributed by atoms with Gasteiger partial charge in [0.2, 0.25) is 5.91 Å². The fourth-order valence-corrected chi connectivity index (χ4v) is 3.11. The molecule has 1 amide bonds. The lowest BCUT2D eigenvalue weighted by Gasteiger charge is -2.13. The molecule has 0 radical (unpaired) electrons. The molecule has 7 heteroatoms. The number of carbonyl (C=O) groups excluding carboxylic acids is 1. The second-order valence-corrected chi connectivity index (χ2v) is 6.75. The molecule has 0 unspecified atom stereocenters. The standard InChI is InChI=1S/C18H19N3O3S/c1-13(9-10-14-6-3-2-4-7-14)19-16(22)12-21-18(23)24-17(20-21)15-8-5-11-25-15/h2-8,11,13H,9-10,12H2,1H3,(H,19,22)/t13-/m0/s1. The lowest BCUT2D eigenvalue weighted by atomic mass is 10.1. The summed E-state index contributed by atoms with van der Waals surface area (Å²) >= 11 is 1.42. The summed E-state index contributed by atoms with van der Waals surface area (Å²) in [6.45, 7) is 1.80. The van der Waals surface area contributed by atoms with Crippen LogP contribution < -0.4 is 11.1 Å². The zero-order valence-corrected chi connectivity index (χ0v) is 14.7. The summed E-state index contributed by atoms with van der Waals surface area (Å²) in [6.07, 6.45) is 1.71. The van der Waals surface area contributed by atoms with Crippen molar-refractivity contribution in [3.05, 3.63) is 64.0 Å². The zero-order valence-electron chi connectivity index (χ0n) is 13.8. The zero-order chi connectivity index (χ0) is 17.6. The summed E-state index contributed by atoms with van der Waals surface area (Å²) in [5.41, 5.74) is 1.23. The maximum atomic E-state index is 12.1. The molecule has 3 aromatic rings. The molecule has 0 aliphatic carbocycles. The van der Waals surface area contributed by atoms with Gasteiger partial charge in [0.25, 0.3) is 5.89 Å². The number of nitrogens with zero attached hydrogens (tertiary/aromatic N) is 2. The minimum atomic E-state index is -0.629. The molecule has 6 nitrogen and oxygen atoms in total. The molecule has 0 bridgehead atoms. The van der Waals surface area contributed by atoms with Crippen molar-refractivity contribution in [1.82, 2.24) is 15.1 Å². The largest absolute Gasteiger partial charge is 0.437 e. The van der Waals surface area contributed by atoms with E-state index in [4.69, 9.17) is 4.42 Å². The number of amides is 1. The summed E-state index contributed by atoms with van der Waals surface area (Å²) in [6, 6.07) is 13.8. The van der Waals surface area contributed by atoms with Crippen LogP contribution in [0.25, 0.3) is 10.8 Å². The van der Waals surface area contributed by atoms with E-state index in [0.717, 1.165) is 22.4 Å². The highest BCUT2D eigenvalue weighted by molar-refractivity contribution is 7.13. The Labute approximate surface area is 149 Å². The molecule has 2 heterocycles. The van der Waals surface area contributed by atoms with Gasteiger partial charge in [0.1, 0.15) is 6.54 Å². The lowest BCUT2D eigenvalue weighted by Crippen LogP contribution is -2.37. The average molecular weight is 357 g/mol. The van der Waals surface area contributed by atoms with Crippen LogP contribution in [0.1, 0.15) is 18.9 Å². The number of carbonyl (C=O) groups is 1. The quantitative estimate of drug-likeness (QED) is 0.705. The second kappa shape index (κ2) is 7.94. The van der Waals surface area contributed by atoms with Crippen molar-refractivity contribution >= 4 is 17.2 Å². The molecule has 0 aliphatic rings. The van der Waals surface area contributed by atoms with Gasteiger partial charge in [0, 0.05) is 6.04 Å². The van der Waals surface area contributed by atoms with E-state index in [9.17, 15) is 9.59 Å². The molecule has 0 aliphatic heterocycles. The van der Waals surface area contributed by atoms with Crippen LogP contribution in [0.15, 0.2) is 57.1 Å². The number of nitrogens with one attached hydrogen (secondary N) is 1. The van der Waals surface area contributed by atoms with Gasteiger partial charge in [-0.2, -0.15) is 4.68 Å². The van der Waals surface area contributed by atoms with Gasteiger partial charge < -0.3 is 9.73 Å². The van der Waals surface area contributed by atoms with Crippen LogP contribution in [-0.2, 0) is 17.8 Å². The smallest absolute Gasteiger partial charge is 0.387 e. The van der Waals surface area contributed by atoms with E-state index in [1.54, 1.807) is 0 Å². The first kappa shape index (κ1) is 17.2. The number of rotatable bonds is 7. The van der Waals surface area contributed by atoms with Crippen LogP contribution >= 0.6 is 11.3 Å². The van der Waals surface area contributed by atoms with Crippen LogP contribution in [0.2, 0.25) is 0 Å². The molecule has 2 aromatic heterocycles. The normalized spacial score (nSPS) is 12.0. The Morgan fingerprint density at radius 1 is 1.28 bits per heavy atom. The molecule has 0 saturated carbocycles. The minimum absolute atomic E-state index is 0.00655. The summed E-state index contributed by atoms with van der Waals surface area (Å²) in [5.74, 6) is -0.644. The van der Waals surface area contributed by atoms with Gasteiger partial charge in [0.05, 0.1) is 4.88 Å². The van der Waals surface area contributed by atoms with E-state index in [-0.39, 0.29) is 24.4 Å². The Balaban J connectivity index is 1.53. The van der Waals surface area contributed by atoms with Crippen molar-refractivity contribution in [2.45, 2.75) is 32.4 Å². The second-order valence-electron chi connectivity index (χ2n) is 5.80. The number of hydrogen-bond donors (Lipinski definition) is 1. The average Bonchev–Trinajstić information content (AvgIpc) is 3.24. The summed E-state index contributed by atoms with van der Waals surface area (Å²) in [7, 11) is 0. The van der Waals surface area contributed by atoms with Gasteiger partial charge in [-0.05, 0) is 36.8 Å². The van der Waals surface area contributed by atoms with Crippen LogP contribution in [0.3, 0.4) is 0 Å². The Hall–Kier alpha value is -2.67. The molecule has 0 saturated heterocycles. The van der Waals surface area contributed by atoms with Crippen molar-refractivity contribution in [1.29, 1.82) is 0 Å². The highest BCUT2D eigenvalue weighted by Crippen LogP contribution is 2.20. The highest BCUT2D eigenvalue weighted by Gasteiger charge is 2.15. The third-order valence-corrected chi connectivity index (χ3v) is 4.61. The van der Waals surface area contributed by atoms with Crippen LogP contribution in [0, 0.1) is 0 Å². The molecule has 1 atom stereocenters. The fourth-order valence-electron chi connectivity index (χ4n) is 2.46. The van der Waals surface area contributed by atoms with Crippen molar-refractivity contribution in [2.75, 3.05) is 0 Å². The number of aryl methyl sites for hydroxylation is 1. The molecule has 0 fully saturated rings. The van der Waals surface area contributed by atoms with E-state index in [1.165, 1.54) is 16.9 Å². The van der Waals surface area contributed by atoms with Crippen molar-refractivity contribution in [3.8, 4) is 10.8 Å². The van der Waals surface area contributed by atoms with Crippen LogP contribution in [-0.4, -0.2) is 21.7 Å². The minimum Gasteiger partial charge on any atom is -0.387 e. The maximum Gasteiger partial charge on any atom is 0.437 e. The van der Waals surface area contributed by atoms with Crippen molar-refractivity contribution in [3.63, 3.8) is 0 Å². The number of thiophene rings is 1. The molecular weight excluding hydrogens is 338 g/mol. The van der Waals surface area contributed by atoms with Gasteiger partial charge in [-0.25, -0.2) is 4.79 Å². The fraction of sp³-hybridized carbons (Fsp3) is 0.278. The van der Waals surface area contributed by atoms with E-state index >= 15 is 0 Å². The number of aromatic nitrogens is 2. The third kappa shape index (κ3) is 4.67. The Bertz CT molecular complexity index is 869. The Kier molecular flexibility index (Phi) is 5.45. The first-order chi connectivity index (χ1) is 12.1. The van der Waals surface area contributed by atoms with E-state index in [1.807, 2.05) is 42.6 Å². The Morgan fingerprint density at radius 2 is 2.08 bits per heavy atom. The molecular formula is C18H19N3O3S. The summed E-state index contributed by atoms with van der Waals surface area (Å²) in [5, 5.41) is 8.84. The molecule has 1 aromatic carbocycles. The first-order valence-corrected chi connectivity index (χ1v) is 8.95. The molecule has 25 heavy (non-hydrogen) atoms. The number of hydrogen-bond acceptors (Lipinski definition) is 5. The highest BCUT2D eigenvalue weighted by atomic mass is 32.1. The van der Waals surface area contributed by atoms with E-state index in [2.05, 4.69) is 22.5 Å². The van der Waals surface area contributed by atoms with Crippen molar-refractivity contribution < 1.29 is 9.21 Å². The van der Waals surface area contributed by atoms with Gasteiger partial charge in [-0.3, -0.25) is 4.79 Å². The van der Waals surface area contributed by atoms with Crippen LogP contribution in [0.5, 0.6) is 0 Å². The summed E-state index contributed by atoms with van der Waals surface area (Å²) in [4.78, 5) is 24.7. The Morgan fingerprint density at radius 3 is 2.80 bits per heavy atom. The third-order valence-electron chi connectivity index (χ3n) is 3.75. The predicted octanol–water partition coefficient (Wildman–Crippen LogP) is 2.70. The number of benzene rings is 1. The molecule has 3 rings (SSSR count). The van der Waals surface area contributed by atoms with Crippen molar-refractivity contribution in [2.24, 2.45) is 0 Å². The molecule has 0 spiro atoms. The van der Waals surface area contributed by atoms with Gasteiger partial charge in [-0.15, -0.1) is 16.4 Å². The monoisotopic (exact) mass is 357 g/mol.